The molecule has 0 unspecified atom stereocenters. The topological polar surface area (TPSA) is 69.0 Å². The number of nitrogens with zero attached hydrogens (tertiary/aromatic N) is 3. The first kappa shape index (κ1) is 22.9. The quantitative estimate of drug-likeness (QED) is 0.240. The summed E-state index contributed by atoms with van der Waals surface area (Å²) in [6, 6.07) is 19.4. The monoisotopic (exact) mass is 478 g/mol. The molecule has 0 aliphatic carbocycles. The number of hydrogen-bond donors (Lipinski definition) is 1. The number of aromatic nitrogens is 3. The predicted octanol–water partition coefficient (Wildman–Crippen LogP) is 5.89. The molecule has 0 aliphatic heterocycles. The van der Waals surface area contributed by atoms with Gasteiger partial charge in [0.15, 0.2) is 11.0 Å². The second-order valence-electron chi connectivity index (χ2n) is 7.38. The number of carbonyl (C=O) groups is 1. The zero-order valence-corrected chi connectivity index (χ0v) is 19.7. The van der Waals surface area contributed by atoms with Crippen molar-refractivity contribution in [2.45, 2.75) is 25.2 Å². The van der Waals surface area contributed by atoms with Gasteiger partial charge in [-0.2, -0.15) is 0 Å². The van der Waals surface area contributed by atoms with E-state index in [4.69, 9.17) is 16.3 Å². The normalized spacial score (nSPS) is 10.8. The van der Waals surface area contributed by atoms with Crippen molar-refractivity contribution in [3.05, 3.63) is 89.7 Å². The zero-order valence-electron chi connectivity index (χ0n) is 18.1. The highest BCUT2D eigenvalue weighted by molar-refractivity contribution is 7.99. The number of benzene rings is 3. The van der Waals surface area contributed by atoms with Gasteiger partial charge < -0.3 is 10.1 Å². The minimum atomic E-state index is -0.117. The fourth-order valence-corrected chi connectivity index (χ4v) is 4.30. The Labute approximate surface area is 201 Å². The minimum Gasteiger partial charge on any atom is -0.484 e. The molecule has 0 saturated heterocycles. The first-order chi connectivity index (χ1) is 16.0. The van der Waals surface area contributed by atoms with E-state index in [-0.39, 0.29) is 18.3 Å². The molecule has 168 valence electrons. The van der Waals surface area contributed by atoms with Crippen LogP contribution < -0.4 is 10.1 Å². The average Bonchev–Trinajstić information content (AvgIpc) is 3.20. The third-order valence-electron chi connectivity index (χ3n) is 4.94. The summed E-state index contributed by atoms with van der Waals surface area (Å²) in [5, 5.41) is 14.7. The number of fused-ring (bicyclic) bond motifs is 1. The van der Waals surface area contributed by atoms with Crippen molar-refractivity contribution in [1.29, 1.82) is 0 Å². The molecule has 33 heavy (non-hydrogen) atoms. The number of anilines is 1. The third kappa shape index (κ3) is 5.56. The summed E-state index contributed by atoms with van der Waals surface area (Å²) in [5.74, 6) is 1.30. The maximum atomic E-state index is 12.6. The van der Waals surface area contributed by atoms with Crippen LogP contribution in [0.4, 0.5) is 5.69 Å². The maximum Gasteiger partial charge on any atom is 0.234 e. The summed E-state index contributed by atoms with van der Waals surface area (Å²) in [5.41, 5.74) is 1.84. The smallest absolute Gasteiger partial charge is 0.234 e. The van der Waals surface area contributed by atoms with Gasteiger partial charge in [-0.15, -0.1) is 16.8 Å². The first-order valence-electron chi connectivity index (χ1n) is 10.4. The van der Waals surface area contributed by atoms with Gasteiger partial charge in [-0.1, -0.05) is 71.9 Å². The van der Waals surface area contributed by atoms with Crippen molar-refractivity contribution in [3.8, 4) is 5.75 Å². The van der Waals surface area contributed by atoms with Gasteiger partial charge in [-0.3, -0.25) is 9.36 Å². The Morgan fingerprint density at radius 3 is 2.85 bits per heavy atom. The molecular weight excluding hydrogens is 456 g/mol. The summed E-state index contributed by atoms with van der Waals surface area (Å²) in [7, 11) is 0. The molecule has 4 aromatic rings. The molecule has 0 radical (unpaired) electrons. The van der Waals surface area contributed by atoms with E-state index in [0.29, 0.717) is 28.3 Å². The van der Waals surface area contributed by atoms with E-state index in [1.165, 1.54) is 11.8 Å². The van der Waals surface area contributed by atoms with Crippen molar-refractivity contribution in [1.82, 2.24) is 14.8 Å². The van der Waals surface area contributed by atoms with E-state index in [9.17, 15) is 4.79 Å². The van der Waals surface area contributed by atoms with Crippen molar-refractivity contribution >= 4 is 45.7 Å². The minimum absolute atomic E-state index is 0.117. The molecule has 0 aliphatic rings. The molecule has 4 rings (SSSR count). The molecule has 0 bridgehead atoms. The fraction of sp³-hybridized carbons (Fsp3) is 0.160. The first-order valence-corrected chi connectivity index (χ1v) is 11.7. The van der Waals surface area contributed by atoms with Crippen molar-refractivity contribution < 1.29 is 9.53 Å². The molecule has 6 nitrogen and oxygen atoms in total. The van der Waals surface area contributed by atoms with Gasteiger partial charge in [0.05, 0.1) is 10.8 Å². The Balaban J connectivity index is 1.42. The lowest BCUT2D eigenvalue weighted by Gasteiger charge is -2.11. The molecule has 3 aromatic carbocycles. The largest absolute Gasteiger partial charge is 0.484 e. The maximum absolute atomic E-state index is 12.6. The number of allylic oxidation sites excluding steroid dienone is 1. The molecule has 1 heterocycles. The number of amides is 1. The number of carbonyl (C=O) groups excluding carboxylic acids is 1. The lowest BCUT2D eigenvalue weighted by molar-refractivity contribution is -0.113. The van der Waals surface area contributed by atoms with Gasteiger partial charge in [0.25, 0.3) is 0 Å². The van der Waals surface area contributed by atoms with Crippen LogP contribution in [0.5, 0.6) is 5.75 Å². The number of hydrogen-bond acceptors (Lipinski definition) is 5. The van der Waals surface area contributed by atoms with E-state index >= 15 is 0 Å². The SMILES string of the molecule is C=CCn1c(COc2cc(C)ccc2Cl)nnc1SCC(=O)Nc1cccc2ccccc12. The van der Waals surface area contributed by atoms with E-state index in [2.05, 4.69) is 22.1 Å². The van der Waals surface area contributed by atoms with Crippen molar-refractivity contribution in [2.24, 2.45) is 0 Å². The van der Waals surface area contributed by atoms with E-state index < -0.39 is 0 Å². The average molecular weight is 479 g/mol. The molecule has 8 heteroatoms. The van der Waals surface area contributed by atoms with Crippen LogP contribution in [0.3, 0.4) is 0 Å². The Morgan fingerprint density at radius 2 is 2.00 bits per heavy atom. The lowest BCUT2D eigenvalue weighted by Crippen LogP contribution is -2.15. The highest BCUT2D eigenvalue weighted by Gasteiger charge is 2.15. The van der Waals surface area contributed by atoms with Crippen LogP contribution in [0.2, 0.25) is 5.02 Å². The fourth-order valence-electron chi connectivity index (χ4n) is 3.36. The predicted molar refractivity (Wildman–Crippen MR) is 134 cm³/mol. The number of aryl methyl sites for hydroxylation is 1. The number of ether oxygens (including phenoxy) is 1. The second kappa shape index (κ2) is 10.6. The van der Waals surface area contributed by atoms with Gasteiger partial charge >= 0.3 is 0 Å². The van der Waals surface area contributed by atoms with Gasteiger partial charge in [-0.25, -0.2) is 0 Å². The Hall–Kier alpha value is -3.29. The molecule has 0 atom stereocenters. The summed E-state index contributed by atoms with van der Waals surface area (Å²) >= 11 is 7.54. The lowest BCUT2D eigenvalue weighted by atomic mass is 10.1. The molecule has 0 saturated carbocycles. The Bertz CT molecular complexity index is 1300. The highest BCUT2D eigenvalue weighted by atomic mass is 35.5. The van der Waals surface area contributed by atoms with Gasteiger partial charge in [0.1, 0.15) is 12.4 Å². The van der Waals surface area contributed by atoms with Gasteiger partial charge in [0.2, 0.25) is 5.91 Å². The summed E-state index contributed by atoms with van der Waals surface area (Å²) < 4.78 is 7.75. The molecule has 0 fully saturated rings. The van der Waals surface area contributed by atoms with Crippen LogP contribution in [0.1, 0.15) is 11.4 Å². The number of thioether (sulfide) groups is 1. The van der Waals surface area contributed by atoms with Crippen LogP contribution in [0.25, 0.3) is 10.8 Å². The van der Waals surface area contributed by atoms with Crippen LogP contribution in [0, 0.1) is 6.92 Å². The van der Waals surface area contributed by atoms with Crippen molar-refractivity contribution in [2.75, 3.05) is 11.1 Å². The summed E-state index contributed by atoms with van der Waals surface area (Å²) in [6.45, 7) is 6.49. The Kier molecular flexibility index (Phi) is 7.32. The summed E-state index contributed by atoms with van der Waals surface area (Å²) in [4.78, 5) is 12.6. The van der Waals surface area contributed by atoms with E-state index in [0.717, 1.165) is 22.0 Å². The standard InChI is InChI=1S/C25H23ClN4O2S/c1-3-13-30-23(15-32-22-14-17(2)11-12-20(22)26)28-29-25(30)33-16-24(31)27-21-10-6-8-18-7-4-5-9-19(18)21/h3-12,14H,1,13,15-16H2,2H3,(H,27,31). The van der Waals surface area contributed by atoms with Crippen LogP contribution >= 0.6 is 23.4 Å². The molecular formula is C25H23ClN4O2S. The zero-order chi connectivity index (χ0) is 23.2. The molecule has 1 aromatic heterocycles. The number of nitrogens with one attached hydrogen (secondary N) is 1. The highest BCUT2D eigenvalue weighted by Crippen LogP contribution is 2.27. The number of halogens is 1. The van der Waals surface area contributed by atoms with Crippen LogP contribution in [-0.4, -0.2) is 26.4 Å². The van der Waals surface area contributed by atoms with E-state index in [1.54, 1.807) is 12.1 Å². The third-order valence-corrected chi connectivity index (χ3v) is 6.22. The summed E-state index contributed by atoms with van der Waals surface area (Å²) in [6.07, 6.45) is 1.76. The molecule has 1 N–H and O–H groups in total. The molecule has 0 spiro atoms. The van der Waals surface area contributed by atoms with Gasteiger partial charge in [0, 0.05) is 17.6 Å². The molecule has 1 amide bonds. The van der Waals surface area contributed by atoms with Crippen LogP contribution in [0.15, 0.2) is 78.5 Å². The number of rotatable bonds is 9. The van der Waals surface area contributed by atoms with Crippen molar-refractivity contribution in [3.63, 3.8) is 0 Å². The van der Waals surface area contributed by atoms with Gasteiger partial charge in [-0.05, 0) is 36.1 Å². The second-order valence-corrected chi connectivity index (χ2v) is 8.73. The Morgan fingerprint density at radius 1 is 1.18 bits per heavy atom. The van der Waals surface area contributed by atoms with E-state index in [1.807, 2.05) is 66.1 Å². The van der Waals surface area contributed by atoms with Crippen LogP contribution in [-0.2, 0) is 17.9 Å².